The van der Waals surface area contributed by atoms with E-state index in [1.54, 1.807) is 0 Å². The van der Waals surface area contributed by atoms with Crippen LogP contribution in [0.3, 0.4) is 0 Å². The third-order valence-electron chi connectivity index (χ3n) is 4.50. The summed E-state index contributed by atoms with van der Waals surface area (Å²) in [5.41, 5.74) is 0. The average molecular weight is 284 g/mol. The van der Waals surface area contributed by atoms with Crippen molar-refractivity contribution in [3.05, 3.63) is 0 Å². The number of likely N-dealkylation sites (N-methyl/N-ethyl adjacent to an activating group) is 1. The van der Waals surface area contributed by atoms with Crippen LogP contribution in [0.4, 0.5) is 0 Å². The van der Waals surface area contributed by atoms with E-state index in [9.17, 15) is 0 Å². The van der Waals surface area contributed by atoms with Crippen LogP contribution in [-0.4, -0.2) is 74.1 Å². The molecule has 0 aromatic heterocycles. The van der Waals surface area contributed by atoms with Gasteiger partial charge in [-0.3, -0.25) is 0 Å². The first kappa shape index (κ1) is 17.9. The predicted molar refractivity (Wildman–Crippen MR) is 89.3 cm³/mol. The number of likely N-dealkylation sites (tertiary alicyclic amines) is 1. The van der Waals surface area contributed by atoms with Crippen molar-refractivity contribution in [2.24, 2.45) is 11.8 Å². The van der Waals surface area contributed by atoms with Gasteiger partial charge in [-0.25, -0.2) is 0 Å². The summed E-state index contributed by atoms with van der Waals surface area (Å²) >= 11 is 0. The zero-order chi connectivity index (χ0) is 15.0. The van der Waals surface area contributed by atoms with Crippen molar-refractivity contribution in [1.29, 1.82) is 0 Å². The molecule has 2 heterocycles. The van der Waals surface area contributed by atoms with Crippen LogP contribution < -0.4 is 0 Å². The van der Waals surface area contributed by atoms with Gasteiger partial charge in [0, 0.05) is 39.3 Å². The average Bonchev–Trinajstić information content (AvgIpc) is 2.89. The number of hydrogen-bond donors (Lipinski definition) is 0. The predicted octanol–water partition coefficient (Wildman–Crippen LogP) is 2.63. The monoisotopic (exact) mass is 283 g/mol. The number of nitrogens with zero attached hydrogens (tertiary/aromatic N) is 3. The Balaban J connectivity index is 0.000000956. The van der Waals surface area contributed by atoms with Crippen LogP contribution in [0.1, 0.15) is 40.5 Å². The van der Waals surface area contributed by atoms with Gasteiger partial charge < -0.3 is 14.7 Å². The smallest absolute Gasteiger partial charge is 0.0110 e. The van der Waals surface area contributed by atoms with Crippen molar-refractivity contribution in [2.45, 2.75) is 40.5 Å². The summed E-state index contributed by atoms with van der Waals surface area (Å²) < 4.78 is 0. The van der Waals surface area contributed by atoms with E-state index in [0.717, 1.165) is 11.8 Å². The fourth-order valence-electron chi connectivity index (χ4n) is 3.10. The van der Waals surface area contributed by atoms with Crippen LogP contribution in [0.25, 0.3) is 0 Å². The van der Waals surface area contributed by atoms with Crippen LogP contribution in [0.2, 0.25) is 0 Å². The molecule has 0 N–H and O–H groups in total. The maximum Gasteiger partial charge on any atom is 0.0110 e. The zero-order valence-corrected chi connectivity index (χ0v) is 14.6. The lowest BCUT2D eigenvalue weighted by atomic mass is 10.1. The number of piperazine rings is 1. The molecule has 20 heavy (non-hydrogen) atoms. The summed E-state index contributed by atoms with van der Waals surface area (Å²) in [6.07, 6.45) is 2.78. The standard InChI is InChI=1S/C15H31N3.C2H6/c1-14(2)4-6-17-7-5-15(12-17)13-18-10-8-16(3)9-11-18;1-2/h14-15H,4-13H2,1-3H3;1-2H3. The third-order valence-corrected chi connectivity index (χ3v) is 4.50. The second kappa shape index (κ2) is 9.75. The SMILES string of the molecule is CC.CC(C)CCN1CCC(CN2CCN(C)CC2)C1. The Morgan fingerprint density at radius 1 is 0.950 bits per heavy atom. The lowest BCUT2D eigenvalue weighted by Crippen LogP contribution is -2.46. The van der Waals surface area contributed by atoms with E-state index in [1.807, 2.05) is 13.8 Å². The first-order valence-corrected chi connectivity index (χ1v) is 8.76. The molecule has 3 heteroatoms. The van der Waals surface area contributed by atoms with Crippen molar-refractivity contribution in [3.8, 4) is 0 Å². The van der Waals surface area contributed by atoms with Gasteiger partial charge in [0.25, 0.3) is 0 Å². The fourth-order valence-corrected chi connectivity index (χ4v) is 3.10. The van der Waals surface area contributed by atoms with Crippen LogP contribution in [0.5, 0.6) is 0 Å². The summed E-state index contributed by atoms with van der Waals surface area (Å²) in [5.74, 6) is 1.78. The Kier molecular flexibility index (Phi) is 8.74. The molecule has 1 unspecified atom stereocenters. The molecule has 0 aromatic rings. The third kappa shape index (κ3) is 6.55. The van der Waals surface area contributed by atoms with Crippen molar-refractivity contribution in [1.82, 2.24) is 14.7 Å². The summed E-state index contributed by atoms with van der Waals surface area (Å²) in [6.45, 7) is 19.1. The van der Waals surface area contributed by atoms with Crippen LogP contribution in [0.15, 0.2) is 0 Å². The molecule has 3 nitrogen and oxygen atoms in total. The van der Waals surface area contributed by atoms with Crippen molar-refractivity contribution >= 4 is 0 Å². The van der Waals surface area contributed by atoms with E-state index in [2.05, 4.69) is 35.6 Å². The number of hydrogen-bond acceptors (Lipinski definition) is 3. The molecule has 0 spiro atoms. The Morgan fingerprint density at radius 2 is 1.60 bits per heavy atom. The minimum absolute atomic E-state index is 0.849. The molecule has 1 atom stereocenters. The van der Waals surface area contributed by atoms with Gasteiger partial charge >= 0.3 is 0 Å². The molecule has 2 aliphatic rings. The Morgan fingerprint density at radius 3 is 2.20 bits per heavy atom. The molecule has 120 valence electrons. The Bertz CT molecular complexity index is 234. The molecule has 0 amide bonds. The van der Waals surface area contributed by atoms with Gasteiger partial charge in [-0.1, -0.05) is 27.7 Å². The summed E-state index contributed by atoms with van der Waals surface area (Å²) in [4.78, 5) is 7.80. The van der Waals surface area contributed by atoms with Crippen LogP contribution >= 0.6 is 0 Å². The van der Waals surface area contributed by atoms with Gasteiger partial charge in [0.1, 0.15) is 0 Å². The quantitative estimate of drug-likeness (QED) is 0.768. The van der Waals surface area contributed by atoms with E-state index in [4.69, 9.17) is 0 Å². The van der Waals surface area contributed by atoms with Crippen LogP contribution in [-0.2, 0) is 0 Å². The highest BCUT2D eigenvalue weighted by Gasteiger charge is 2.25. The first-order valence-electron chi connectivity index (χ1n) is 8.76. The largest absolute Gasteiger partial charge is 0.304 e. The second-order valence-corrected chi connectivity index (χ2v) is 6.74. The van der Waals surface area contributed by atoms with Gasteiger partial charge in [0.15, 0.2) is 0 Å². The molecule has 0 saturated carbocycles. The first-order chi connectivity index (χ1) is 9.63. The fraction of sp³-hybridized carbons (Fsp3) is 1.00. The molecule has 2 rings (SSSR count). The van der Waals surface area contributed by atoms with Crippen molar-refractivity contribution in [3.63, 3.8) is 0 Å². The van der Waals surface area contributed by atoms with Gasteiger partial charge in [0.2, 0.25) is 0 Å². The van der Waals surface area contributed by atoms with Crippen molar-refractivity contribution < 1.29 is 0 Å². The van der Waals surface area contributed by atoms with Crippen LogP contribution in [0, 0.1) is 11.8 Å². The van der Waals surface area contributed by atoms with Gasteiger partial charge in [-0.2, -0.15) is 0 Å². The molecule has 0 bridgehead atoms. The van der Waals surface area contributed by atoms with E-state index in [-0.39, 0.29) is 0 Å². The second-order valence-electron chi connectivity index (χ2n) is 6.74. The van der Waals surface area contributed by atoms with E-state index in [0.29, 0.717) is 0 Å². The summed E-state index contributed by atoms with van der Waals surface area (Å²) in [6, 6.07) is 0. The lowest BCUT2D eigenvalue weighted by Gasteiger charge is -2.33. The highest BCUT2D eigenvalue weighted by atomic mass is 15.3. The van der Waals surface area contributed by atoms with Gasteiger partial charge in [-0.05, 0) is 44.8 Å². The molecule has 0 aliphatic carbocycles. The van der Waals surface area contributed by atoms with E-state index < -0.39 is 0 Å². The molecule has 2 aliphatic heterocycles. The summed E-state index contributed by atoms with van der Waals surface area (Å²) in [7, 11) is 2.24. The molecule has 0 radical (unpaired) electrons. The summed E-state index contributed by atoms with van der Waals surface area (Å²) in [5, 5.41) is 0. The topological polar surface area (TPSA) is 9.72 Å². The highest BCUT2D eigenvalue weighted by molar-refractivity contribution is 4.80. The van der Waals surface area contributed by atoms with E-state index in [1.165, 1.54) is 65.2 Å². The Labute approximate surface area is 127 Å². The maximum atomic E-state index is 2.68. The minimum Gasteiger partial charge on any atom is -0.304 e. The molecule has 2 saturated heterocycles. The van der Waals surface area contributed by atoms with Crippen molar-refractivity contribution in [2.75, 3.05) is 59.4 Å². The normalized spacial score (nSPS) is 25.8. The van der Waals surface area contributed by atoms with Gasteiger partial charge in [0.05, 0.1) is 0 Å². The molecular weight excluding hydrogens is 246 g/mol. The zero-order valence-electron chi connectivity index (χ0n) is 14.6. The Hall–Kier alpha value is -0.120. The highest BCUT2D eigenvalue weighted by Crippen LogP contribution is 2.19. The molecule has 0 aromatic carbocycles. The maximum absolute atomic E-state index is 2.68. The minimum atomic E-state index is 0.849. The van der Waals surface area contributed by atoms with Gasteiger partial charge in [-0.15, -0.1) is 0 Å². The lowest BCUT2D eigenvalue weighted by molar-refractivity contribution is 0.136. The molecule has 2 fully saturated rings. The molecular formula is C17H37N3. The van der Waals surface area contributed by atoms with E-state index >= 15 is 0 Å². The number of rotatable bonds is 5.